The summed E-state index contributed by atoms with van der Waals surface area (Å²) in [5, 5.41) is 0. The number of nitrogens with zero attached hydrogens (tertiary/aromatic N) is 1. The average Bonchev–Trinajstić information content (AvgIpc) is 3.08. The van der Waals surface area contributed by atoms with Crippen molar-refractivity contribution in [3.05, 3.63) is 12.5 Å². The van der Waals surface area contributed by atoms with Crippen molar-refractivity contribution in [1.29, 1.82) is 0 Å². The summed E-state index contributed by atoms with van der Waals surface area (Å²) in [5.41, 5.74) is -0.204. The van der Waals surface area contributed by atoms with E-state index in [2.05, 4.69) is 34.3 Å². The van der Waals surface area contributed by atoms with Crippen LogP contribution in [0.5, 0.6) is 0 Å². The minimum Gasteiger partial charge on any atom is -0.549 e. The number of unbranched alkanes of at least 4 members (excludes halogenated alkanes) is 2. The number of ether oxygens (including phenoxy) is 1. The van der Waals surface area contributed by atoms with Crippen molar-refractivity contribution in [2.75, 3.05) is 0 Å². The van der Waals surface area contributed by atoms with E-state index in [1.807, 2.05) is 0 Å². The fraction of sp³-hybridized carbons (Fsp3) is 0.850. The van der Waals surface area contributed by atoms with E-state index in [0.717, 1.165) is 51.2 Å². The van der Waals surface area contributed by atoms with Crippen LogP contribution in [0.15, 0.2) is 12.5 Å². The monoisotopic (exact) mass is 347 g/mol. The molecule has 2 saturated carbocycles. The van der Waals surface area contributed by atoms with Crippen molar-refractivity contribution < 1.29 is 14.2 Å². The highest BCUT2D eigenvalue weighted by atomic mass is 16.6. The van der Waals surface area contributed by atoms with E-state index in [4.69, 9.17) is 9.39 Å². The van der Waals surface area contributed by atoms with Gasteiger partial charge in [-0.3, -0.25) is 0 Å². The predicted molar refractivity (Wildman–Crippen MR) is 101 cm³/mol. The first-order valence-electron chi connectivity index (χ1n) is 10.2. The zero-order chi connectivity index (χ0) is 18.2. The number of carbonyl (C=O) groups is 1. The highest BCUT2D eigenvalue weighted by Crippen LogP contribution is 2.66. The lowest BCUT2D eigenvalue weighted by Crippen LogP contribution is -2.55. The highest BCUT2D eigenvalue weighted by molar-refractivity contribution is 6.52. The van der Waals surface area contributed by atoms with Crippen molar-refractivity contribution in [2.24, 2.45) is 11.3 Å². The second kappa shape index (κ2) is 6.88. The first-order valence-corrected chi connectivity index (χ1v) is 10.2. The van der Waals surface area contributed by atoms with Gasteiger partial charge in [0.15, 0.2) is 5.88 Å². The Hall–Kier alpha value is -1.13. The molecular weight excluding hydrogens is 313 g/mol. The van der Waals surface area contributed by atoms with Gasteiger partial charge in [-0.05, 0) is 49.8 Å². The molecular formula is C20H34BNO3. The summed E-state index contributed by atoms with van der Waals surface area (Å²) < 4.78 is 12.1. The topological polar surface area (TPSA) is 38.8 Å². The summed E-state index contributed by atoms with van der Waals surface area (Å²) in [5.74, 6) is 1.14. The van der Waals surface area contributed by atoms with Crippen molar-refractivity contribution >= 4 is 13.0 Å². The molecule has 0 aromatic carbocycles. The molecule has 1 aliphatic heterocycles. The van der Waals surface area contributed by atoms with Crippen LogP contribution in [-0.2, 0) is 9.39 Å². The van der Waals surface area contributed by atoms with E-state index in [0.29, 0.717) is 11.8 Å². The van der Waals surface area contributed by atoms with Gasteiger partial charge in [-0.2, -0.15) is 0 Å². The Bertz CT molecular complexity index is 527. The molecule has 5 heteroatoms. The molecule has 0 unspecified atom stereocenters. The van der Waals surface area contributed by atoms with Gasteiger partial charge in [0.25, 0.3) is 0 Å². The van der Waals surface area contributed by atoms with E-state index in [9.17, 15) is 4.79 Å². The summed E-state index contributed by atoms with van der Waals surface area (Å²) in [6, 6.07) is 0. The van der Waals surface area contributed by atoms with E-state index in [1.165, 1.54) is 6.42 Å². The molecule has 3 fully saturated rings. The van der Waals surface area contributed by atoms with Gasteiger partial charge in [-0.15, -0.1) is 0 Å². The van der Waals surface area contributed by atoms with Crippen molar-refractivity contribution in [3.63, 3.8) is 0 Å². The molecule has 4 nitrogen and oxygen atoms in total. The molecule has 2 bridgehead atoms. The molecule has 3 rings (SSSR count). The fourth-order valence-corrected chi connectivity index (χ4v) is 5.59. The van der Waals surface area contributed by atoms with Gasteiger partial charge in [0, 0.05) is 0 Å². The number of hydrogen-bond acceptors (Lipinski definition) is 3. The third-order valence-electron chi connectivity index (χ3n) is 7.18. The summed E-state index contributed by atoms with van der Waals surface area (Å²) in [6.45, 7) is 13.3. The van der Waals surface area contributed by atoms with Crippen molar-refractivity contribution in [2.45, 2.75) is 96.9 Å². The summed E-state index contributed by atoms with van der Waals surface area (Å²) in [4.78, 5) is 14.5. The van der Waals surface area contributed by atoms with Crippen LogP contribution in [0.2, 0.25) is 12.6 Å². The van der Waals surface area contributed by atoms with Crippen LogP contribution in [0.1, 0.15) is 72.6 Å². The second-order valence-electron chi connectivity index (χ2n) is 8.74. The van der Waals surface area contributed by atoms with Gasteiger partial charge in [0.2, 0.25) is 0 Å². The molecule has 1 heterocycles. The van der Waals surface area contributed by atoms with Crippen LogP contribution in [0.3, 0.4) is 0 Å². The maximum Gasteiger partial charge on any atom is 0.417 e. The largest absolute Gasteiger partial charge is 0.549 e. The number of amides is 1. The van der Waals surface area contributed by atoms with Gasteiger partial charge in [-0.25, -0.2) is 9.69 Å². The number of rotatable bonds is 9. The summed E-state index contributed by atoms with van der Waals surface area (Å²) in [6.07, 6.45) is 9.56. The third kappa shape index (κ3) is 2.78. The normalized spacial score (nSPS) is 31.8. The zero-order valence-corrected chi connectivity index (χ0v) is 16.5. The first kappa shape index (κ1) is 18.7. The minimum absolute atomic E-state index is 0.00108. The molecule has 1 amide bonds. The lowest BCUT2D eigenvalue weighted by Gasteiger charge is -2.43. The molecule has 0 aromatic rings. The Morgan fingerprint density at radius 1 is 1.32 bits per heavy atom. The minimum atomic E-state index is -0.258. The maximum atomic E-state index is 12.7. The third-order valence-corrected chi connectivity index (χ3v) is 7.18. The molecule has 25 heavy (non-hydrogen) atoms. The quantitative estimate of drug-likeness (QED) is 0.410. The highest BCUT2D eigenvalue weighted by Gasteiger charge is 2.73. The van der Waals surface area contributed by atoms with Crippen molar-refractivity contribution in [3.8, 4) is 0 Å². The van der Waals surface area contributed by atoms with E-state index in [1.54, 1.807) is 4.90 Å². The number of hydrogen-bond donors (Lipinski definition) is 0. The Kier molecular flexibility index (Phi) is 5.14. The lowest BCUT2D eigenvalue weighted by molar-refractivity contribution is 0.0513. The van der Waals surface area contributed by atoms with Crippen LogP contribution in [0.4, 0.5) is 4.79 Å². The van der Waals surface area contributed by atoms with E-state index < -0.39 is 0 Å². The van der Waals surface area contributed by atoms with Crippen LogP contribution in [0.25, 0.3) is 0 Å². The maximum absolute atomic E-state index is 12.7. The van der Waals surface area contributed by atoms with Crippen LogP contribution in [0, 0.1) is 11.3 Å². The molecule has 140 valence electrons. The van der Waals surface area contributed by atoms with Gasteiger partial charge in [0.05, 0.1) is 5.54 Å². The van der Waals surface area contributed by atoms with Crippen LogP contribution < -0.4 is 0 Å². The fourth-order valence-electron chi connectivity index (χ4n) is 5.59. The van der Waals surface area contributed by atoms with Gasteiger partial charge >= 0.3 is 13.0 Å². The van der Waals surface area contributed by atoms with Gasteiger partial charge in [-0.1, -0.05) is 53.4 Å². The molecule has 0 aromatic heterocycles. The second-order valence-corrected chi connectivity index (χ2v) is 8.74. The summed E-state index contributed by atoms with van der Waals surface area (Å²) in [7, 11) is 0. The molecule has 3 aliphatic rings. The average molecular weight is 347 g/mol. The Labute approximate surface area is 153 Å². The first-order chi connectivity index (χ1) is 11.9. The van der Waals surface area contributed by atoms with Crippen LogP contribution >= 0.6 is 0 Å². The van der Waals surface area contributed by atoms with Gasteiger partial charge < -0.3 is 9.39 Å². The smallest absolute Gasteiger partial charge is 0.417 e. The zero-order valence-electron chi connectivity index (χ0n) is 16.5. The SMILES string of the molecule is C=C(OB(CCCC)CCCC)N1C(=O)O[C@@H]2C[C@H]3CC[C@]21C3(C)C. The summed E-state index contributed by atoms with van der Waals surface area (Å²) >= 11 is 0. The van der Waals surface area contributed by atoms with Crippen LogP contribution in [-0.4, -0.2) is 29.6 Å². The predicted octanol–water partition coefficient (Wildman–Crippen LogP) is 5.47. The molecule has 1 spiro atoms. The number of fused-ring (bicyclic) bond motifs is 1. The van der Waals surface area contributed by atoms with Gasteiger partial charge in [0.1, 0.15) is 6.10 Å². The van der Waals surface area contributed by atoms with E-state index >= 15 is 0 Å². The molecule has 1 saturated heterocycles. The molecule has 0 radical (unpaired) electrons. The lowest BCUT2D eigenvalue weighted by atomic mass is 9.59. The van der Waals surface area contributed by atoms with E-state index in [-0.39, 0.29) is 30.1 Å². The Balaban J connectivity index is 1.77. The Morgan fingerprint density at radius 3 is 2.52 bits per heavy atom. The molecule has 2 aliphatic carbocycles. The van der Waals surface area contributed by atoms with Crippen molar-refractivity contribution in [1.82, 2.24) is 4.90 Å². The Morgan fingerprint density at radius 2 is 1.96 bits per heavy atom. The molecule has 3 atom stereocenters. The standard InChI is InChI=1S/C20H34BNO3/c1-6-8-12-21(13-9-7-2)25-15(3)22-18(23)24-17-14-16-10-11-20(17,22)19(16,4)5/h16-17H,3,6-14H2,1-2,4-5H3/t16-,17-,20-/m1/s1. The molecule has 0 N–H and O–H groups in total. The number of carbonyl (C=O) groups excluding carboxylic acids is 1.